The van der Waals surface area contributed by atoms with Gasteiger partial charge >= 0.3 is 0 Å². The first-order chi connectivity index (χ1) is 27.9. The van der Waals surface area contributed by atoms with Gasteiger partial charge in [0.25, 0.3) is 13.4 Å². The molecule has 2 nitrogen and oxygen atoms in total. The molecule has 0 aromatic heterocycles. The molecule has 0 saturated carbocycles. The van der Waals surface area contributed by atoms with Crippen molar-refractivity contribution in [1.82, 2.24) is 0 Å². The van der Waals surface area contributed by atoms with Gasteiger partial charge in [-0.15, -0.1) is 0 Å². The molecule has 0 spiro atoms. The molecule has 4 aliphatic rings. The van der Waals surface area contributed by atoms with Crippen LogP contribution in [0, 0.1) is 13.8 Å². The van der Waals surface area contributed by atoms with Crippen LogP contribution in [-0.2, 0) is 0 Å². The fraction of sp³-hybridized carbons (Fsp3) is 0.259. The van der Waals surface area contributed by atoms with E-state index in [0.717, 1.165) is 23.0 Å². The molecular formula is C54H48B2O2. The minimum atomic E-state index is 0.0823. The van der Waals surface area contributed by atoms with Gasteiger partial charge in [-0.1, -0.05) is 127 Å². The van der Waals surface area contributed by atoms with E-state index in [1.54, 1.807) is 0 Å². The molecule has 0 bridgehead atoms. The number of rotatable bonds is 4. The topological polar surface area (TPSA) is 18.5 Å². The maximum Gasteiger partial charge on any atom is 0.252 e. The Labute approximate surface area is 343 Å². The van der Waals surface area contributed by atoms with Crippen LogP contribution in [0.3, 0.4) is 0 Å². The number of hydrogen-bond acceptors (Lipinski definition) is 2. The molecular weight excluding hydrogens is 702 g/mol. The summed E-state index contributed by atoms with van der Waals surface area (Å²) in [6.45, 7) is 23.2. The Morgan fingerprint density at radius 1 is 0.362 bits per heavy atom. The molecule has 0 aliphatic carbocycles. The lowest BCUT2D eigenvalue weighted by molar-refractivity contribution is 0.485. The summed E-state index contributed by atoms with van der Waals surface area (Å²) < 4.78 is 14.0. The third kappa shape index (κ3) is 4.36. The molecule has 4 aliphatic heterocycles. The van der Waals surface area contributed by atoms with Crippen LogP contribution < -0.4 is 42.3 Å². The van der Waals surface area contributed by atoms with Crippen LogP contribution in [0.4, 0.5) is 0 Å². The molecule has 8 aromatic carbocycles. The van der Waals surface area contributed by atoms with Crippen LogP contribution >= 0.6 is 0 Å². The van der Waals surface area contributed by atoms with E-state index in [9.17, 15) is 0 Å². The summed E-state index contributed by atoms with van der Waals surface area (Å²) in [6, 6.07) is 33.9. The highest BCUT2D eigenvalue weighted by Crippen LogP contribution is 2.49. The van der Waals surface area contributed by atoms with Crippen LogP contribution in [0.5, 0.6) is 23.0 Å². The van der Waals surface area contributed by atoms with Crippen LogP contribution in [0.2, 0.25) is 0 Å². The molecule has 0 unspecified atom stereocenters. The summed E-state index contributed by atoms with van der Waals surface area (Å²) in [5.74, 6) is 5.63. The first-order valence-electron chi connectivity index (χ1n) is 21.7. The Morgan fingerprint density at radius 2 is 0.741 bits per heavy atom. The lowest BCUT2D eigenvalue weighted by Crippen LogP contribution is -2.58. The van der Waals surface area contributed by atoms with Gasteiger partial charge in [-0.05, 0) is 172 Å². The zero-order chi connectivity index (χ0) is 39.8. The van der Waals surface area contributed by atoms with Gasteiger partial charge in [0.2, 0.25) is 0 Å². The second-order valence-electron chi connectivity index (χ2n) is 19.3. The quantitative estimate of drug-likeness (QED) is 0.132. The van der Waals surface area contributed by atoms with Gasteiger partial charge in [-0.3, -0.25) is 0 Å². The van der Waals surface area contributed by atoms with E-state index in [-0.39, 0.29) is 13.4 Å². The average molecular weight is 751 g/mol. The van der Waals surface area contributed by atoms with Gasteiger partial charge in [0.05, 0.1) is 0 Å². The SMILES string of the molecule is Cc1cc2c3c(cc4c(C)cc5c6c(cc1c3c46)B1c3ccc(C(C)C)cc3Oc3cc(C(C)C)cc-5c31)B1c3ccc(C(C)C)cc3Oc3cc(C(C)C)cc-2c31. The highest BCUT2D eigenvalue weighted by atomic mass is 16.5. The lowest BCUT2D eigenvalue weighted by Gasteiger charge is -2.38. The van der Waals surface area contributed by atoms with Gasteiger partial charge in [0.1, 0.15) is 23.0 Å². The molecule has 58 heavy (non-hydrogen) atoms. The van der Waals surface area contributed by atoms with Crippen molar-refractivity contribution in [3.63, 3.8) is 0 Å². The largest absolute Gasteiger partial charge is 0.458 e. The van der Waals surface area contributed by atoms with E-state index in [1.807, 2.05) is 0 Å². The minimum Gasteiger partial charge on any atom is -0.458 e. The summed E-state index contributed by atoms with van der Waals surface area (Å²) in [5, 5.41) is 8.41. The van der Waals surface area contributed by atoms with Crippen LogP contribution in [0.15, 0.2) is 84.9 Å². The molecule has 0 atom stereocenters. The smallest absolute Gasteiger partial charge is 0.252 e. The van der Waals surface area contributed by atoms with Crippen molar-refractivity contribution in [2.24, 2.45) is 0 Å². The first-order valence-corrected chi connectivity index (χ1v) is 21.7. The summed E-state index contributed by atoms with van der Waals surface area (Å²) in [6.07, 6.45) is 0. The fourth-order valence-electron chi connectivity index (χ4n) is 11.3. The average Bonchev–Trinajstić information content (AvgIpc) is 3.20. The Bertz CT molecular complexity index is 2950. The summed E-state index contributed by atoms with van der Waals surface area (Å²) in [4.78, 5) is 0. The van der Waals surface area contributed by atoms with Crippen LogP contribution in [0.25, 0.3) is 54.6 Å². The Morgan fingerprint density at radius 3 is 1.12 bits per heavy atom. The standard InChI is InChI=1S/C54H48B2O2/c1-25(2)31-11-13-41-45(19-31)57-47-21-33(27(5)6)17-39-37-15-30(10)36-24-44-50-38(16-29(9)35-23-43(55(41)53(39)47)49(37)51(36)52(35)50)40-18-34(28(7)8)22-48-54(40)56(44)42-14-12-32(26(3)4)20-46(42)58-48/h11-28H,1-10H3. The second kappa shape index (κ2) is 11.6. The number of hydrogen-bond donors (Lipinski definition) is 0. The minimum absolute atomic E-state index is 0.0823. The van der Waals surface area contributed by atoms with Crippen molar-refractivity contribution in [1.29, 1.82) is 0 Å². The van der Waals surface area contributed by atoms with Gasteiger partial charge < -0.3 is 9.47 Å². The summed E-state index contributed by atoms with van der Waals surface area (Å²) in [7, 11) is 0. The van der Waals surface area contributed by atoms with Crippen molar-refractivity contribution >= 4 is 78.5 Å². The monoisotopic (exact) mass is 750 g/mol. The van der Waals surface area contributed by atoms with Gasteiger partial charge in [0, 0.05) is 0 Å². The molecule has 0 saturated heterocycles. The Balaban J connectivity index is 1.25. The van der Waals surface area contributed by atoms with E-state index < -0.39 is 0 Å². The number of aryl methyl sites for hydroxylation is 2. The maximum absolute atomic E-state index is 6.99. The van der Waals surface area contributed by atoms with Gasteiger partial charge in [-0.2, -0.15) is 0 Å². The number of benzene rings is 8. The molecule has 0 radical (unpaired) electrons. The third-order valence-corrected chi connectivity index (χ3v) is 14.5. The zero-order valence-electron chi connectivity index (χ0n) is 35.4. The zero-order valence-corrected chi connectivity index (χ0v) is 35.4. The predicted octanol–water partition coefficient (Wildman–Crippen LogP) is 10.9. The molecule has 0 N–H and O–H groups in total. The molecule has 0 fully saturated rings. The second-order valence-corrected chi connectivity index (χ2v) is 19.3. The maximum atomic E-state index is 6.99. The van der Waals surface area contributed by atoms with Gasteiger partial charge in [-0.25, -0.2) is 0 Å². The number of fused-ring (bicyclic) bond motifs is 8. The first kappa shape index (κ1) is 34.6. The van der Waals surface area contributed by atoms with Crippen LogP contribution in [0.1, 0.15) is 112 Å². The van der Waals surface area contributed by atoms with E-state index in [0.29, 0.717) is 23.7 Å². The molecule has 12 rings (SSSR count). The molecule has 8 aromatic rings. The summed E-state index contributed by atoms with van der Waals surface area (Å²) >= 11 is 0. The molecule has 4 heterocycles. The van der Waals surface area contributed by atoms with E-state index >= 15 is 0 Å². The van der Waals surface area contributed by atoms with E-state index in [1.165, 1.54) is 121 Å². The number of ether oxygens (including phenoxy) is 2. The summed E-state index contributed by atoms with van der Waals surface area (Å²) in [5.41, 5.74) is 21.3. The highest BCUT2D eigenvalue weighted by molar-refractivity contribution is 7.01. The predicted molar refractivity (Wildman–Crippen MR) is 249 cm³/mol. The van der Waals surface area contributed by atoms with Crippen molar-refractivity contribution in [2.45, 2.75) is 92.9 Å². The van der Waals surface area contributed by atoms with Crippen molar-refractivity contribution in [2.75, 3.05) is 0 Å². The lowest BCUT2D eigenvalue weighted by atomic mass is 9.31. The molecule has 0 amide bonds. The van der Waals surface area contributed by atoms with Crippen molar-refractivity contribution in [3.05, 3.63) is 118 Å². The fourth-order valence-corrected chi connectivity index (χ4v) is 11.3. The van der Waals surface area contributed by atoms with Crippen molar-refractivity contribution < 1.29 is 9.47 Å². The molecule has 282 valence electrons. The van der Waals surface area contributed by atoms with Crippen LogP contribution in [-0.4, -0.2) is 13.4 Å². The van der Waals surface area contributed by atoms with E-state index in [2.05, 4.69) is 154 Å². The van der Waals surface area contributed by atoms with Gasteiger partial charge in [0.15, 0.2) is 0 Å². The Hall–Kier alpha value is -5.47. The normalized spacial score (nSPS) is 14.2. The Kier molecular flexibility index (Phi) is 6.91. The highest BCUT2D eigenvalue weighted by Gasteiger charge is 2.44. The van der Waals surface area contributed by atoms with Crippen molar-refractivity contribution in [3.8, 4) is 45.3 Å². The van der Waals surface area contributed by atoms with E-state index in [4.69, 9.17) is 9.47 Å². The molecule has 4 heteroatoms. The third-order valence-electron chi connectivity index (χ3n) is 14.5.